The van der Waals surface area contributed by atoms with Crippen molar-refractivity contribution >= 4 is 6.09 Å². The lowest BCUT2D eigenvalue weighted by molar-refractivity contribution is -0.103. The van der Waals surface area contributed by atoms with Crippen molar-refractivity contribution in [3.8, 4) is 5.75 Å². The lowest BCUT2D eigenvalue weighted by atomic mass is 9.98. The first kappa shape index (κ1) is 38.0. The fraction of sp³-hybridized carbons (Fsp3) is 0.419. The molecule has 0 bridgehead atoms. The summed E-state index contributed by atoms with van der Waals surface area (Å²) in [6.07, 6.45) is 0.745. The Labute approximate surface area is 303 Å². The molecule has 4 atom stereocenters. The summed E-state index contributed by atoms with van der Waals surface area (Å²) < 4.78 is 37.4. The van der Waals surface area contributed by atoms with E-state index in [1.54, 1.807) is 12.0 Å². The molecule has 1 aliphatic heterocycles. The molecule has 0 aromatic heterocycles. The van der Waals surface area contributed by atoms with Crippen molar-refractivity contribution in [2.45, 2.75) is 96.4 Å². The third kappa shape index (κ3) is 12.2. The number of carbonyl (C=O) groups excluding carboxylic acids is 1. The van der Waals surface area contributed by atoms with Crippen LogP contribution in [0, 0.1) is 0 Å². The Morgan fingerprint density at radius 3 is 1.82 bits per heavy atom. The second kappa shape index (κ2) is 19.4. The van der Waals surface area contributed by atoms with Gasteiger partial charge < -0.3 is 28.4 Å². The number of ether oxygens (including phenoxy) is 6. The SMILES string of the molecule is COc1ccc(COCCCC[C@H](OCc2ccccc2)[C@@H]2[C@@H](OCc3ccccc3)[C@@H](OCc3ccccc3)CN2C(=O)OC(C)(C)C)cc1. The van der Waals surface area contributed by atoms with Gasteiger partial charge in [0, 0.05) is 6.61 Å². The molecule has 8 nitrogen and oxygen atoms in total. The number of methoxy groups -OCH3 is 1. The molecule has 1 fully saturated rings. The molecule has 1 heterocycles. The summed E-state index contributed by atoms with van der Waals surface area (Å²) in [7, 11) is 1.66. The van der Waals surface area contributed by atoms with Gasteiger partial charge in [-0.05, 0) is 74.4 Å². The molecule has 272 valence electrons. The molecule has 4 aromatic rings. The first-order chi connectivity index (χ1) is 24.8. The Balaban J connectivity index is 1.36. The van der Waals surface area contributed by atoms with E-state index >= 15 is 0 Å². The highest BCUT2D eigenvalue weighted by Crippen LogP contribution is 2.33. The number of likely N-dealkylation sites (tertiary alicyclic amines) is 1. The third-order valence-corrected chi connectivity index (χ3v) is 8.80. The Hall–Kier alpha value is -4.21. The van der Waals surface area contributed by atoms with E-state index in [-0.39, 0.29) is 6.10 Å². The molecule has 5 rings (SSSR count). The fourth-order valence-electron chi connectivity index (χ4n) is 6.24. The van der Waals surface area contributed by atoms with Crippen molar-refractivity contribution in [1.29, 1.82) is 0 Å². The van der Waals surface area contributed by atoms with Crippen LogP contribution >= 0.6 is 0 Å². The van der Waals surface area contributed by atoms with Crippen LogP contribution in [0.2, 0.25) is 0 Å². The van der Waals surface area contributed by atoms with Crippen LogP contribution in [0.1, 0.15) is 62.3 Å². The maximum absolute atomic E-state index is 14.0. The monoisotopic (exact) mass is 695 g/mol. The molecule has 4 aromatic carbocycles. The summed E-state index contributed by atoms with van der Waals surface area (Å²) in [5.74, 6) is 0.825. The fourth-order valence-corrected chi connectivity index (χ4v) is 6.24. The van der Waals surface area contributed by atoms with Crippen LogP contribution in [0.25, 0.3) is 0 Å². The predicted octanol–water partition coefficient (Wildman–Crippen LogP) is 8.76. The van der Waals surface area contributed by atoms with Gasteiger partial charge in [-0.3, -0.25) is 4.90 Å². The van der Waals surface area contributed by atoms with Crippen molar-refractivity contribution < 1.29 is 33.2 Å². The Morgan fingerprint density at radius 1 is 0.706 bits per heavy atom. The number of rotatable bonds is 18. The highest BCUT2D eigenvalue weighted by molar-refractivity contribution is 5.69. The van der Waals surface area contributed by atoms with E-state index in [1.807, 2.05) is 124 Å². The largest absolute Gasteiger partial charge is 0.497 e. The summed E-state index contributed by atoms with van der Waals surface area (Å²) in [5.41, 5.74) is 3.58. The molecule has 0 unspecified atom stereocenters. The minimum Gasteiger partial charge on any atom is -0.497 e. The second-order valence-electron chi connectivity index (χ2n) is 14.0. The van der Waals surface area contributed by atoms with E-state index < -0.39 is 29.9 Å². The first-order valence-corrected chi connectivity index (χ1v) is 18.0. The van der Waals surface area contributed by atoms with E-state index in [4.69, 9.17) is 28.4 Å². The van der Waals surface area contributed by atoms with Crippen LogP contribution in [-0.2, 0) is 50.1 Å². The maximum Gasteiger partial charge on any atom is 0.410 e. The molecule has 1 saturated heterocycles. The summed E-state index contributed by atoms with van der Waals surface area (Å²) in [6, 6.07) is 37.8. The van der Waals surface area contributed by atoms with Gasteiger partial charge in [-0.15, -0.1) is 0 Å². The van der Waals surface area contributed by atoms with Crippen LogP contribution < -0.4 is 4.74 Å². The molecular formula is C43H53NO7. The normalized spacial score (nSPS) is 18.0. The number of nitrogens with zero attached hydrogens (tertiary/aromatic N) is 1. The topological polar surface area (TPSA) is 75.7 Å². The Morgan fingerprint density at radius 2 is 1.25 bits per heavy atom. The van der Waals surface area contributed by atoms with Crippen LogP contribution in [-0.4, -0.2) is 61.2 Å². The summed E-state index contributed by atoms with van der Waals surface area (Å²) in [5, 5.41) is 0. The molecular weight excluding hydrogens is 642 g/mol. The molecule has 0 spiro atoms. The number of hydrogen-bond donors (Lipinski definition) is 0. The zero-order chi connectivity index (χ0) is 35.9. The first-order valence-electron chi connectivity index (χ1n) is 18.0. The lowest BCUT2D eigenvalue weighted by Crippen LogP contribution is -2.50. The van der Waals surface area contributed by atoms with Crippen molar-refractivity contribution in [2.24, 2.45) is 0 Å². The van der Waals surface area contributed by atoms with Crippen LogP contribution in [0.15, 0.2) is 115 Å². The average Bonchev–Trinajstić information content (AvgIpc) is 3.51. The van der Waals surface area contributed by atoms with Crippen LogP contribution in [0.5, 0.6) is 5.75 Å². The van der Waals surface area contributed by atoms with Crippen molar-refractivity contribution in [2.75, 3.05) is 20.3 Å². The van der Waals surface area contributed by atoms with Gasteiger partial charge >= 0.3 is 6.09 Å². The van der Waals surface area contributed by atoms with Crippen molar-refractivity contribution in [3.63, 3.8) is 0 Å². The van der Waals surface area contributed by atoms with Gasteiger partial charge in [0.15, 0.2) is 0 Å². The van der Waals surface area contributed by atoms with E-state index in [9.17, 15) is 4.79 Å². The maximum atomic E-state index is 14.0. The molecule has 0 radical (unpaired) electrons. The Kier molecular flexibility index (Phi) is 14.5. The smallest absolute Gasteiger partial charge is 0.410 e. The molecule has 1 aliphatic rings. The number of unbranched alkanes of at least 4 members (excludes halogenated alkanes) is 1. The van der Waals surface area contributed by atoms with E-state index in [1.165, 1.54) is 0 Å². The summed E-state index contributed by atoms with van der Waals surface area (Å²) >= 11 is 0. The quantitative estimate of drug-likeness (QED) is 0.0964. The van der Waals surface area contributed by atoms with Gasteiger partial charge in [0.25, 0.3) is 0 Å². The van der Waals surface area contributed by atoms with Gasteiger partial charge in [-0.2, -0.15) is 0 Å². The molecule has 8 heteroatoms. The highest BCUT2D eigenvalue weighted by atomic mass is 16.6. The lowest BCUT2D eigenvalue weighted by Gasteiger charge is -2.35. The number of amides is 1. The number of hydrogen-bond acceptors (Lipinski definition) is 7. The van der Waals surface area contributed by atoms with E-state index in [0.717, 1.165) is 40.8 Å². The third-order valence-electron chi connectivity index (χ3n) is 8.80. The molecule has 0 aliphatic carbocycles. The standard InChI is InChI=1S/C43H53NO7/c1-43(2,3)51-42(45)44-28-39(49-31-34-18-10-6-11-19-34)41(50-32-35-20-12-7-13-21-35)40(44)38(48-30-33-16-8-5-9-17-33)22-14-15-27-47-29-36-23-25-37(46-4)26-24-36/h5-13,16-21,23-26,38-41H,14-15,22,27-32H2,1-4H3/t38-,39-,40+,41-/m0/s1. The average molecular weight is 696 g/mol. The van der Waals surface area contributed by atoms with Gasteiger partial charge in [-0.1, -0.05) is 103 Å². The Bertz CT molecular complexity index is 1560. The van der Waals surface area contributed by atoms with Crippen molar-refractivity contribution in [3.05, 3.63) is 138 Å². The zero-order valence-electron chi connectivity index (χ0n) is 30.4. The number of benzene rings is 4. The number of carbonyl (C=O) groups is 1. The van der Waals surface area contributed by atoms with Gasteiger partial charge in [0.05, 0.1) is 52.2 Å². The van der Waals surface area contributed by atoms with Crippen LogP contribution in [0.4, 0.5) is 4.79 Å². The summed E-state index contributed by atoms with van der Waals surface area (Å²) in [6.45, 7) is 8.29. The molecule has 51 heavy (non-hydrogen) atoms. The molecule has 0 N–H and O–H groups in total. The molecule has 0 saturated carbocycles. The van der Waals surface area contributed by atoms with Crippen LogP contribution in [0.3, 0.4) is 0 Å². The van der Waals surface area contributed by atoms with Crippen molar-refractivity contribution in [1.82, 2.24) is 4.90 Å². The summed E-state index contributed by atoms with van der Waals surface area (Å²) in [4.78, 5) is 15.8. The predicted molar refractivity (Wildman–Crippen MR) is 198 cm³/mol. The highest BCUT2D eigenvalue weighted by Gasteiger charge is 2.50. The second-order valence-corrected chi connectivity index (χ2v) is 14.0. The van der Waals surface area contributed by atoms with Gasteiger partial charge in [0.2, 0.25) is 0 Å². The van der Waals surface area contributed by atoms with Gasteiger partial charge in [0.1, 0.15) is 23.6 Å². The minimum atomic E-state index is -0.674. The minimum absolute atomic E-state index is 0.321. The zero-order valence-corrected chi connectivity index (χ0v) is 30.4. The van der Waals surface area contributed by atoms with Gasteiger partial charge in [-0.25, -0.2) is 4.79 Å². The molecule has 1 amide bonds. The van der Waals surface area contributed by atoms with E-state index in [2.05, 4.69) is 12.1 Å². The van der Waals surface area contributed by atoms with E-state index in [0.29, 0.717) is 46.0 Å².